The molecule has 20 heavy (non-hydrogen) atoms. The fraction of sp³-hybridized carbons (Fsp3) is 0.357. The summed E-state index contributed by atoms with van der Waals surface area (Å²) in [5, 5.41) is 7.41. The van der Waals surface area contributed by atoms with Gasteiger partial charge in [-0.2, -0.15) is 4.98 Å². The molecule has 1 saturated carbocycles. The van der Waals surface area contributed by atoms with Crippen molar-refractivity contribution >= 4 is 17.5 Å². The van der Waals surface area contributed by atoms with Gasteiger partial charge in [-0.15, -0.1) is 0 Å². The van der Waals surface area contributed by atoms with Gasteiger partial charge in [0.05, 0.1) is 0 Å². The lowest BCUT2D eigenvalue weighted by Crippen LogP contribution is -2.28. The van der Waals surface area contributed by atoms with E-state index >= 15 is 0 Å². The molecular formula is C14H14ClN3O2. The summed E-state index contributed by atoms with van der Waals surface area (Å²) < 4.78 is 5.20. The van der Waals surface area contributed by atoms with Crippen LogP contribution in [0.25, 0.3) is 11.4 Å². The Morgan fingerprint density at radius 1 is 1.50 bits per heavy atom. The van der Waals surface area contributed by atoms with Crippen molar-refractivity contribution in [3.8, 4) is 11.4 Å². The van der Waals surface area contributed by atoms with E-state index in [0.29, 0.717) is 16.7 Å². The molecule has 1 fully saturated rings. The molecule has 0 radical (unpaired) electrons. The topological polar surface area (TPSA) is 68.0 Å². The molecule has 1 heterocycles. The second-order valence-electron chi connectivity index (χ2n) is 4.97. The number of aromatic nitrogens is 2. The van der Waals surface area contributed by atoms with E-state index < -0.39 is 0 Å². The van der Waals surface area contributed by atoms with Crippen LogP contribution in [0.15, 0.2) is 28.8 Å². The lowest BCUT2D eigenvalue weighted by molar-refractivity contribution is -0.123. The van der Waals surface area contributed by atoms with E-state index in [2.05, 4.69) is 15.5 Å². The average Bonchev–Trinajstić information content (AvgIpc) is 3.16. The third-order valence-electron chi connectivity index (χ3n) is 3.20. The van der Waals surface area contributed by atoms with Gasteiger partial charge in [0, 0.05) is 16.5 Å². The molecule has 3 rings (SSSR count). The van der Waals surface area contributed by atoms with Gasteiger partial charge in [0.25, 0.3) is 0 Å². The summed E-state index contributed by atoms with van der Waals surface area (Å²) in [6.45, 7) is 1.83. The van der Waals surface area contributed by atoms with Crippen LogP contribution in [-0.4, -0.2) is 16.0 Å². The highest BCUT2D eigenvalue weighted by atomic mass is 35.5. The number of carbonyl (C=O) groups is 1. The molecule has 1 amide bonds. The minimum absolute atomic E-state index is 0.0556. The van der Waals surface area contributed by atoms with Crippen molar-refractivity contribution in [1.29, 1.82) is 0 Å². The Morgan fingerprint density at radius 3 is 3.00 bits per heavy atom. The summed E-state index contributed by atoms with van der Waals surface area (Å²) in [4.78, 5) is 16.0. The summed E-state index contributed by atoms with van der Waals surface area (Å²) in [7, 11) is 0. The molecule has 1 aromatic carbocycles. The van der Waals surface area contributed by atoms with E-state index in [1.54, 1.807) is 12.1 Å². The highest BCUT2D eigenvalue weighted by molar-refractivity contribution is 6.30. The lowest BCUT2D eigenvalue weighted by atomic mass is 10.2. The normalized spacial score (nSPS) is 15.9. The second-order valence-corrected chi connectivity index (χ2v) is 5.41. The van der Waals surface area contributed by atoms with Gasteiger partial charge in [-0.1, -0.05) is 28.9 Å². The van der Waals surface area contributed by atoms with Crippen LogP contribution in [0.4, 0.5) is 0 Å². The van der Waals surface area contributed by atoms with Crippen LogP contribution >= 0.6 is 11.6 Å². The lowest BCUT2D eigenvalue weighted by Gasteiger charge is -2.08. The van der Waals surface area contributed by atoms with E-state index in [4.69, 9.17) is 16.1 Å². The average molecular weight is 292 g/mol. The number of nitrogens with zero attached hydrogens (tertiary/aromatic N) is 2. The number of carbonyl (C=O) groups excluding carboxylic acids is 1. The SMILES string of the molecule is CC(NC(=O)C1CC1)c1nc(-c2cccc(Cl)c2)no1. The maximum absolute atomic E-state index is 11.7. The molecule has 1 aliphatic carbocycles. The second kappa shape index (κ2) is 5.25. The minimum Gasteiger partial charge on any atom is -0.344 e. The molecule has 1 N–H and O–H groups in total. The Kier molecular flexibility index (Phi) is 3.44. The van der Waals surface area contributed by atoms with Gasteiger partial charge in [0.15, 0.2) is 0 Å². The van der Waals surface area contributed by atoms with Crippen molar-refractivity contribution in [2.24, 2.45) is 5.92 Å². The first-order chi connectivity index (χ1) is 9.63. The first-order valence-electron chi connectivity index (χ1n) is 6.53. The van der Waals surface area contributed by atoms with E-state index in [9.17, 15) is 4.79 Å². The largest absolute Gasteiger partial charge is 0.344 e. The molecule has 1 unspecified atom stereocenters. The number of rotatable bonds is 4. The summed E-state index contributed by atoms with van der Waals surface area (Å²) in [5.74, 6) is 1.08. The molecular weight excluding hydrogens is 278 g/mol. The van der Waals surface area contributed by atoms with Crippen LogP contribution < -0.4 is 5.32 Å². The van der Waals surface area contributed by atoms with Crippen molar-refractivity contribution in [3.63, 3.8) is 0 Å². The van der Waals surface area contributed by atoms with E-state index in [1.807, 2.05) is 19.1 Å². The van der Waals surface area contributed by atoms with Gasteiger partial charge < -0.3 is 9.84 Å². The van der Waals surface area contributed by atoms with Gasteiger partial charge in [-0.25, -0.2) is 0 Å². The zero-order valence-electron chi connectivity index (χ0n) is 11.0. The van der Waals surface area contributed by atoms with Crippen LogP contribution in [0, 0.1) is 5.92 Å². The molecule has 1 atom stereocenters. The van der Waals surface area contributed by atoms with Crippen LogP contribution in [0.2, 0.25) is 5.02 Å². The number of hydrogen-bond donors (Lipinski definition) is 1. The van der Waals surface area contributed by atoms with Gasteiger partial charge in [-0.05, 0) is 31.9 Å². The zero-order valence-corrected chi connectivity index (χ0v) is 11.7. The predicted molar refractivity (Wildman–Crippen MR) is 74.0 cm³/mol. The molecule has 5 nitrogen and oxygen atoms in total. The van der Waals surface area contributed by atoms with Crippen molar-refractivity contribution in [3.05, 3.63) is 35.2 Å². The number of halogens is 1. The maximum atomic E-state index is 11.7. The summed E-state index contributed by atoms with van der Waals surface area (Å²) >= 11 is 5.93. The summed E-state index contributed by atoms with van der Waals surface area (Å²) in [6, 6.07) is 6.94. The van der Waals surface area contributed by atoms with Crippen molar-refractivity contribution in [2.75, 3.05) is 0 Å². The monoisotopic (exact) mass is 291 g/mol. The molecule has 1 aliphatic rings. The highest BCUT2D eigenvalue weighted by Crippen LogP contribution is 2.30. The third-order valence-corrected chi connectivity index (χ3v) is 3.44. The van der Waals surface area contributed by atoms with Crippen LogP contribution in [0.5, 0.6) is 0 Å². The quantitative estimate of drug-likeness (QED) is 0.940. The summed E-state index contributed by atoms with van der Waals surface area (Å²) in [6.07, 6.45) is 1.94. The molecule has 0 saturated heterocycles. The minimum atomic E-state index is -0.288. The summed E-state index contributed by atoms with van der Waals surface area (Å²) in [5.41, 5.74) is 0.785. The van der Waals surface area contributed by atoms with Gasteiger partial charge in [0.1, 0.15) is 6.04 Å². The zero-order chi connectivity index (χ0) is 14.1. The number of hydrogen-bond acceptors (Lipinski definition) is 4. The first kappa shape index (κ1) is 13.1. The van der Waals surface area contributed by atoms with Gasteiger partial charge >= 0.3 is 0 Å². The number of nitrogens with one attached hydrogen (secondary N) is 1. The Labute approximate surface area is 121 Å². The molecule has 0 spiro atoms. The van der Waals surface area contributed by atoms with Crippen LogP contribution in [0.3, 0.4) is 0 Å². The fourth-order valence-electron chi connectivity index (χ4n) is 1.89. The van der Waals surface area contributed by atoms with Crippen molar-refractivity contribution < 1.29 is 9.32 Å². The predicted octanol–water partition coefficient (Wildman–Crippen LogP) is 2.98. The van der Waals surface area contributed by atoms with Crippen LogP contribution in [-0.2, 0) is 4.79 Å². The van der Waals surface area contributed by atoms with E-state index in [1.165, 1.54) is 0 Å². The first-order valence-corrected chi connectivity index (χ1v) is 6.91. The molecule has 1 aromatic heterocycles. The third kappa shape index (κ3) is 2.82. The number of amides is 1. The Bertz CT molecular complexity index is 637. The van der Waals surface area contributed by atoms with E-state index in [0.717, 1.165) is 18.4 Å². The standard InChI is InChI=1S/C14H14ClN3O2/c1-8(16-13(19)9-5-6-9)14-17-12(18-20-14)10-3-2-4-11(15)7-10/h2-4,7-9H,5-6H2,1H3,(H,16,19). The van der Waals surface area contributed by atoms with Gasteiger partial charge in [-0.3, -0.25) is 4.79 Å². The molecule has 0 aliphatic heterocycles. The highest BCUT2D eigenvalue weighted by Gasteiger charge is 2.31. The molecule has 2 aromatic rings. The smallest absolute Gasteiger partial charge is 0.249 e. The number of benzene rings is 1. The Morgan fingerprint density at radius 2 is 2.30 bits per heavy atom. The van der Waals surface area contributed by atoms with Crippen molar-refractivity contribution in [2.45, 2.75) is 25.8 Å². The Hall–Kier alpha value is -1.88. The van der Waals surface area contributed by atoms with Crippen LogP contribution in [0.1, 0.15) is 31.7 Å². The molecule has 6 heteroatoms. The molecule has 104 valence electrons. The Balaban J connectivity index is 1.74. The maximum Gasteiger partial charge on any atom is 0.249 e. The van der Waals surface area contributed by atoms with Crippen molar-refractivity contribution in [1.82, 2.24) is 15.5 Å². The fourth-order valence-corrected chi connectivity index (χ4v) is 2.08. The van der Waals surface area contributed by atoms with E-state index in [-0.39, 0.29) is 17.9 Å². The molecule has 0 bridgehead atoms. The van der Waals surface area contributed by atoms with Gasteiger partial charge in [0.2, 0.25) is 17.6 Å².